The zero-order valence-corrected chi connectivity index (χ0v) is 20.1. The molecule has 0 aliphatic heterocycles. The molecule has 0 spiro atoms. The molecule has 1 amide bonds. The molecular weight excluding hydrogens is 481 g/mol. The van der Waals surface area contributed by atoms with Gasteiger partial charge in [0.2, 0.25) is 0 Å². The SMILES string of the molecule is COCCOc1c(-c2cccc(C(F)(F)F)c2)nc2ccccc2c1C(=O)NC1(c2ccccc2)CC1. The Bertz CT molecular complexity index is 1430. The molecular formula is C29H25F3N2O3. The van der Waals surface area contributed by atoms with Crippen molar-refractivity contribution >= 4 is 16.8 Å². The van der Waals surface area contributed by atoms with Crippen LogP contribution in [0.2, 0.25) is 0 Å². The third-order valence-electron chi connectivity index (χ3n) is 6.50. The highest BCUT2D eigenvalue weighted by molar-refractivity contribution is 6.10. The molecule has 1 aliphatic rings. The highest BCUT2D eigenvalue weighted by Gasteiger charge is 2.46. The fourth-order valence-electron chi connectivity index (χ4n) is 4.47. The van der Waals surface area contributed by atoms with Crippen LogP contribution in [-0.4, -0.2) is 31.2 Å². The quantitative estimate of drug-likeness (QED) is 0.282. The van der Waals surface area contributed by atoms with Crippen molar-refractivity contribution in [2.24, 2.45) is 0 Å². The molecule has 37 heavy (non-hydrogen) atoms. The second-order valence-corrected chi connectivity index (χ2v) is 9.00. The molecule has 1 fully saturated rings. The van der Waals surface area contributed by atoms with Crippen molar-refractivity contribution in [1.82, 2.24) is 10.3 Å². The molecule has 0 saturated heterocycles. The van der Waals surface area contributed by atoms with E-state index in [1.54, 1.807) is 24.3 Å². The number of carbonyl (C=O) groups excluding carboxylic acids is 1. The molecule has 1 aliphatic carbocycles. The molecule has 1 N–H and O–H groups in total. The number of halogens is 3. The molecule has 0 radical (unpaired) electrons. The number of ether oxygens (including phenoxy) is 2. The maximum atomic E-state index is 13.9. The Kier molecular flexibility index (Phi) is 6.60. The Morgan fingerprint density at radius 2 is 1.70 bits per heavy atom. The number of fused-ring (bicyclic) bond motifs is 1. The number of benzene rings is 3. The van der Waals surface area contributed by atoms with Crippen molar-refractivity contribution < 1.29 is 27.4 Å². The predicted molar refractivity (Wildman–Crippen MR) is 134 cm³/mol. The smallest absolute Gasteiger partial charge is 0.416 e. The van der Waals surface area contributed by atoms with E-state index in [9.17, 15) is 18.0 Å². The number of rotatable bonds is 8. The molecule has 0 unspecified atom stereocenters. The van der Waals surface area contributed by atoms with Crippen LogP contribution < -0.4 is 10.1 Å². The van der Waals surface area contributed by atoms with E-state index >= 15 is 0 Å². The van der Waals surface area contributed by atoms with Gasteiger partial charge in [0.05, 0.1) is 28.8 Å². The zero-order valence-electron chi connectivity index (χ0n) is 20.1. The summed E-state index contributed by atoms with van der Waals surface area (Å²) < 4.78 is 51.7. The molecule has 1 heterocycles. The van der Waals surface area contributed by atoms with E-state index in [1.165, 1.54) is 19.2 Å². The molecule has 0 bridgehead atoms. The number of nitrogens with one attached hydrogen (secondary N) is 1. The highest BCUT2D eigenvalue weighted by atomic mass is 19.4. The summed E-state index contributed by atoms with van der Waals surface area (Å²) in [6.45, 7) is 0.316. The molecule has 1 aromatic heterocycles. The number of para-hydroxylation sites is 1. The Balaban J connectivity index is 1.67. The van der Waals surface area contributed by atoms with Gasteiger partial charge in [-0.05, 0) is 36.6 Å². The molecule has 1 saturated carbocycles. The van der Waals surface area contributed by atoms with Crippen LogP contribution in [-0.2, 0) is 16.5 Å². The first-order chi connectivity index (χ1) is 17.8. The van der Waals surface area contributed by atoms with E-state index in [2.05, 4.69) is 10.3 Å². The Labute approximate surface area is 212 Å². The van der Waals surface area contributed by atoms with Gasteiger partial charge in [0, 0.05) is 18.1 Å². The summed E-state index contributed by atoms with van der Waals surface area (Å²) in [6, 6.07) is 21.6. The minimum Gasteiger partial charge on any atom is -0.488 e. The monoisotopic (exact) mass is 506 g/mol. The standard InChI is InChI=1S/C29H25F3N2O3/c1-36-16-17-37-26-24(27(35)34-28(14-15-28)20-9-3-2-4-10-20)22-12-5-6-13-23(22)33-25(26)19-8-7-11-21(18-19)29(30,31)32/h2-13,18H,14-17H2,1H3,(H,34,35). The van der Waals surface area contributed by atoms with E-state index in [1.807, 2.05) is 30.3 Å². The lowest BCUT2D eigenvalue weighted by Crippen LogP contribution is -2.35. The lowest BCUT2D eigenvalue weighted by molar-refractivity contribution is -0.137. The van der Waals surface area contributed by atoms with Gasteiger partial charge in [-0.1, -0.05) is 60.7 Å². The summed E-state index contributed by atoms with van der Waals surface area (Å²) in [7, 11) is 1.51. The van der Waals surface area contributed by atoms with Crippen LogP contribution in [0.4, 0.5) is 13.2 Å². The normalized spacial score (nSPS) is 14.4. The Morgan fingerprint density at radius 3 is 2.41 bits per heavy atom. The van der Waals surface area contributed by atoms with Crippen LogP contribution in [0, 0.1) is 0 Å². The summed E-state index contributed by atoms with van der Waals surface area (Å²) in [4.78, 5) is 18.6. The first-order valence-electron chi connectivity index (χ1n) is 11.9. The van der Waals surface area contributed by atoms with Crippen LogP contribution in [0.25, 0.3) is 22.2 Å². The van der Waals surface area contributed by atoms with Crippen LogP contribution >= 0.6 is 0 Å². The van der Waals surface area contributed by atoms with Crippen molar-refractivity contribution in [2.45, 2.75) is 24.6 Å². The van der Waals surface area contributed by atoms with E-state index < -0.39 is 17.3 Å². The van der Waals surface area contributed by atoms with Gasteiger partial charge in [0.15, 0.2) is 5.75 Å². The Morgan fingerprint density at radius 1 is 0.973 bits per heavy atom. The van der Waals surface area contributed by atoms with Crippen molar-refractivity contribution in [2.75, 3.05) is 20.3 Å². The van der Waals surface area contributed by atoms with Gasteiger partial charge in [-0.15, -0.1) is 0 Å². The summed E-state index contributed by atoms with van der Waals surface area (Å²) in [6.07, 6.45) is -2.96. The number of nitrogens with zero attached hydrogens (tertiary/aromatic N) is 1. The minimum absolute atomic E-state index is 0.0899. The lowest BCUT2D eigenvalue weighted by Gasteiger charge is -2.22. The molecule has 5 rings (SSSR count). The van der Waals surface area contributed by atoms with Crippen LogP contribution in [0.5, 0.6) is 5.75 Å². The number of hydrogen-bond donors (Lipinski definition) is 1. The lowest BCUT2D eigenvalue weighted by atomic mass is 9.99. The van der Waals surface area contributed by atoms with Gasteiger partial charge in [0.25, 0.3) is 5.91 Å². The van der Waals surface area contributed by atoms with Crippen LogP contribution in [0.3, 0.4) is 0 Å². The molecule has 3 aromatic carbocycles. The molecule has 4 aromatic rings. The van der Waals surface area contributed by atoms with Gasteiger partial charge >= 0.3 is 6.18 Å². The second kappa shape index (κ2) is 9.86. The van der Waals surface area contributed by atoms with Crippen molar-refractivity contribution in [3.8, 4) is 17.0 Å². The number of pyridine rings is 1. The maximum absolute atomic E-state index is 13.9. The van der Waals surface area contributed by atoms with E-state index in [4.69, 9.17) is 9.47 Å². The molecule has 8 heteroatoms. The highest BCUT2D eigenvalue weighted by Crippen LogP contribution is 2.46. The van der Waals surface area contributed by atoms with Crippen LogP contribution in [0.1, 0.15) is 34.3 Å². The number of alkyl halides is 3. The minimum atomic E-state index is -4.53. The predicted octanol–water partition coefficient (Wildman–Crippen LogP) is 6.36. The first-order valence-corrected chi connectivity index (χ1v) is 11.9. The third kappa shape index (κ3) is 5.02. The number of methoxy groups -OCH3 is 1. The van der Waals surface area contributed by atoms with Crippen LogP contribution in [0.15, 0.2) is 78.9 Å². The average molecular weight is 507 g/mol. The molecule has 0 atom stereocenters. The van der Waals surface area contributed by atoms with Gasteiger partial charge in [-0.3, -0.25) is 4.79 Å². The van der Waals surface area contributed by atoms with E-state index in [-0.39, 0.29) is 41.7 Å². The number of carbonyl (C=O) groups is 1. The van der Waals surface area contributed by atoms with E-state index in [0.29, 0.717) is 10.9 Å². The van der Waals surface area contributed by atoms with Crippen molar-refractivity contribution in [1.29, 1.82) is 0 Å². The first kappa shape index (κ1) is 24.8. The zero-order chi connectivity index (χ0) is 26.0. The fraction of sp³-hybridized carbons (Fsp3) is 0.241. The maximum Gasteiger partial charge on any atom is 0.416 e. The van der Waals surface area contributed by atoms with Gasteiger partial charge < -0.3 is 14.8 Å². The topological polar surface area (TPSA) is 60.5 Å². The van der Waals surface area contributed by atoms with Gasteiger partial charge in [-0.2, -0.15) is 13.2 Å². The summed E-state index contributed by atoms with van der Waals surface area (Å²) in [5.41, 5.74) is 0.765. The van der Waals surface area contributed by atoms with E-state index in [0.717, 1.165) is 30.5 Å². The van der Waals surface area contributed by atoms with Crippen molar-refractivity contribution in [3.05, 3.63) is 95.6 Å². The summed E-state index contributed by atoms with van der Waals surface area (Å²) in [5, 5.41) is 3.73. The largest absolute Gasteiger partial charge is 0.488 e. The molecule has 190 valence electrons. The number of aromatic nitrogens is 1. The summed E-state index contributed by atoms with van der Waals surface area (Å²) >= 11 is 0. The molecule has 5 nitrogen and oxygen atoms in total. The van der Waals surface area contributed by atoms with Gasteiger partial charge in [0.1, 0.15) is 12.3 Å². The summed E-state index contributed by atoms with van der Waals surface area (Å²) in [5.74, 6) is -0.253. The number of hydrogen-bond acceptors (Lipinski definition) is 4. The fourth-order valence-corrected chi connectivity index (χ4v) is 4.47. The average Bonchev–Trinajstić information content (AvgIpc) is 3.69. The number of amides is 1. The van der Waals surface area contributed by atoms with Crippen molar-refractivity contribution in [3.63, 3.8) is 0 Å². The second-order valence-electron chi connectivity index (χ2n) is 9.00. The van der Waals surface area contributed by atoms with Gasteiger partial charge in [-0.25, -0.2) is 4.98 Å². The Hall–Kier alpha value is -3.91. The third-order valence-corrected chi connectivity index (χ3v) is 6.50.